The lowest BCUT2D eigenvalue weighted by Gasteiger charge is -2.20. The second-order valence-electron chi connectivity index (χ2n) is 4.16. The van der Waals surface area contributed by atoms with Gasteiger partial charge in [-0.2, -0.15) is 0 Å². The molecule has 1 unspecified atom stereocenters. The van der Waals surface area contributed by atoms with E-state index >= 15 is 0 Å². The molecule has 0 fully saturated rings. The van der Waals surface area contributed by atoms with Gasteiger partial charge in [0.05, 0.1) is 6.04 Å². The fourth-order valence-electron chi connectivity index (χ4n) is 2.02. The summed E-state index contributed by atoms with van der Waals surface area (Å²) in [6.45, 7) is 1.18. The van der Waals surface area contributed by atoms with Crippen LogP contribution in [0.2, 0.25) is 0 Å². The predicted molar refractivity (Wildman–Crippen MR) is 67.7 cm³/mol. The van der Waals surface area contributed by atoms with Crippen molar-refractivity contribution in [3.05, 3.63) is 53.9 Å². The molecule has 0 amide bonds. The fraction of sp³-hybridized carbons (Fsp3) is 0.214. The van der Waals surface area contributed by atoms with Gasteiger partial charge in [0.1, 0.15) is 13.2 Å². The number of fused-ring (bicyclic) bond motifs is 1. The molecule has 0 saturated carbocycles. The van der Waals surface area contributed by atoms with Gasteiger partial charge in [0.2, 0.25) is 0 Å². The maximum Gasteiger partial charge on any atom is 0.161 e. The molecule has 0 spiro atoms. The first-order chi connectivity index (χ1) is 8.84. The molecule has 4 heteroatoms. The van der Waals surface area contributed by atoms with Gasteiger partial charge >= 0.3 is 0 Å². The summed E-state index contributed by atoms with van der Waals surface area (Å²) in [5.74, 6) is 1.55. The number of hydrogen-bond donors (Lipinski definition) is 1. The molecule has 1 aromatic heterocycles. The summed E-state index contributed by atoms with van der Waals surface area (Å²) in [7, 11) is 0. The molecule has 1 aliphatic heterocycles. The lowest BCUT2D eigenvalue weighted by atomic mass is 10.0. The molecule has 0 aliphatic carbocycles. The van der Waals surface area contributed by atoms with Crippen LogP contribution < -0.4 is 15.2 Å². The Bertz CT molecular complexity index is 543. The van der Waals surface area contributed by atoms with Crippen molar-refractivity contribution in [2.75, 3.05) is 13.2 Å². The number of aromatic nitrogens is 1. The number of hydrogen-bond acceptors (Lipinski definition) is 4. The molecule has 2 N–H and O–H groups in total. The summed E-state index contributed by atoms with van der Waals surface area (Å²) in [5, 5.41) is 0. The SMILES string of the molecule is NC(c1ccncc1)c1ccc2c(c1)OCCO2. The number of nitrogens with two attached hydrogens (primary N) is 1. The third-order valence-electron chi connectivity index (χ3n) is 2.99. The molecule has 2 heterocycles. The average molecular weight is 242 g/mol. The van der Waals surface area contributed by atoms with E-state index < -0.39 is 0 Å². The zero-order chi connectivity index (χ0) is 12.4. The maximum absolute atomic E-state index is 6.23. The summed E-state index contributed by atoms with van der Waals surface area (Å²) in [6, 6.07) is 9.48. The molecule has 3 rings (SSSR count). The number of benzene rings is 1. The van der Waals surface area contributed by atoms with Crippen molar-refractivity contribution in [1.82, 2.24) is 4.98 Å². The van der Waals surface area contributed by atoms with E-state index in [0.717, 1.165) is 22.6 Å². The minimum Gasteiger partial charge on any atom is -0.486 e. The van der Waals surface area contributed by atoms with Gasteiger partial charge in [0, 0.05) is 12.4 Å². The second-order valence-corrected chi connectivity index (χ2v) is 4.16. The van der Waals surface area contributed by atoms with Crippen LogP contribution in [0.3, 0.4) is 0 Å². The third-order valence-corrected chi connectivity index (χ3v) is 2.99. The fourth-order valence-corrected chi connectivity index (χ4v) is 2.02. The minimum absolute atomic E-state index is 0.177. The molecule has 1 aromatic carbocycles. The van der Waals surface area contributed by atoms with E-state index in [0.29, 0.717) is 13.2 Å². The Morgan fingerprint density at radius 1 is 0.944 bits per heavy atom. The van der Waals surface area contributed by atoms with E-state index in [1.165, 1.54) is 0 Å². The first-order valence-electron chi connectivity index (χ1n) is 5.89. The average Bonchev–Trinajstić information content (AvgIpc) is 2.47. The van der Waals surface area contributed by atoms with E-state index in [9.17, 15) is 0 Å². The zero-order valence-corrected chi connectivity index (χ0v) is 9.87. The first kappa shape index (κ1) is 11.0. The van der Waals surface area contributed by atoms with Crippen molar-refractivity contribution >= 4 is 0 Å². The van der Waals surface area contributed by atoms with Gasteiger partial charge in [-0.05, 0) is 35.4 Å². The standard InChI is InChI=1S/C14H14N2O2/c15-14(10-3-5-16-6-4-10)11-1-2-12-13(9-11)18-8-7-17-12/h1-6,9,14H,7-8,15H2. The van der Waals surface area contributed by atoms with Crippen molar-refractivity contribution < 1.29 is 9.47 Å². The van der Waals surface area contributed by atoms with Crippen LogP contribution in [0.5, 0.6) is 11.5 Å². The lowest BCUT2D eigenvalue weighted by molar-refractivity contribution is 0.171. The molecule has 0 radical (unpaired) electrons. The number of rotatable bonds is 2. The quantitative estimate of drug-likeness (QED) is 0.873. The Labute approximate surface area is 105 Å². The van der Waals surface area contributed by atoms with E-state index in [1.807, 2.05) is 30.3 Å². The van der Waals surface area contributed by atoms with Gasteiger partial charge in [0.25, 0.3) is 0 Å². The van der Waals surface area contributed by atoms with Crippen LogP contribution in [0.15, 0.2) is 42.7 Å². The summed E-state index contributed by atoms with van der Waals surface area (Å²) >= 11 is 0. The minimum atomic E-state index is -0.177. The maximum atomic E-state index is 6.23. The molecule has 2 aromatic rings. The highest BCUT2D eigenvalue weighted by molar-refractivity contribution is 5.46. The molecule has 18 heavy (non-hydrogen) atoms. The van der Waals surface area contributed by atoms with E-state index in [-0.39, 0.29) is 6.04 Å². The summed E-state index contributed by atoms with van der Waals surface area (Å²) in [4.78, 5) is 3.99. The van der Waals surface area contributed by atoms with E-state index in [2.05, 4.69) is 4.98 Å². The first-order valence-corrected chi connectivity index (χ1v) is 5.89. The van der Waals surface area contributed by atoms with Crippen LogP contribution >= 0.6 is 0 Å². The smallest absolute Gasteiger partial charge is 0.161 e. The topological polar surface area (TPSA) is 57.4 Å². The largest absolute Gasteiger partial charge is 0.486 e. The van der Waals surface area contributed by atoms with Crippen LogP contribution in [-0.2, 0) is 0 Å². The van der Waals surface area contributed by atoms with Crippen LogP contribution in [0.25, 0.3) is 0 Å². The predicted octanol–water partition coefficient (Wildman–Crippen LogP) is 1.90. The summed E-state index contributed by atoms with van der Waals surface area (Å²) < 4.78 is 11.0. The second kappa shape index (κ2) is 4.66. The Balaban J connectivity index is 1.93. The van der Waals surface area contributed by atoms with Crippen molar-refractivity contribution in [3.8, 4) is 11.5 Å². The van der Waals surface area contributed by atoms with Crippen molar-refractivity contribution in [3.63, 3.8) is 0 Å². The summed E-state index contributed by atoms with van der Waals surface area (Å²) in [5.41, 5.74) is 8.26. The molecule has 0 saturated heterocycles. The molecule has 1 aliphatic rings. The number of ether oxygens (including phenoxy) is 2. The Kier molecular flexibility index (Phi) is 2.86. The highest BCUT2D eigenvalue weighted by atomic mass is 16.6. The highest BCUT2D eigenvalue weighted by Crippen LogP contribution is 2.33. The van der Waals surface area contributed by atoms with Crippen LogP contribution in [0.4, 0.5) is 0 Å². The molecule has 0 bridgehead atoms. The third kappa shape index (κ3) is 2.02. The monoisotopic (exact) mass is 242 g/mol. The normalized spacial score (nSPS) is 15.2. The van der Waals surface area contributed by atoms with Gasteiger partial charge in [0.15, 0.2) is 11.5 Å². The van der Waals surface area contributed by atoms with Crippen molar-refractivity contribution in [2.24, 2.45) is 5.73 Å². The lowest BCUT2D eigenvalue weighted by Crippen LogP contribution is -2.17. The van der Waals surface area contributed by atoms with Gasteiger partial charge < -0.3 is 15.2 Å². The Hall–Kier alpha value is -2.07. The van der Waals surface area contributed by atoms with Gasteiger partial charge in [-0.25, -0.2) is 0 Å². The molecule has 92 valence electrons. The Morgan fingerprint density at radius 3 is 2.44 bits per heavy atom. The highest BCUT2D eigenvalue weighted by Gasteiger charge is 2.15. The van der Waals surface area contributed by atoms with Crippen molar-refractivity contribution in [2.45, 2.75) is 6.04 Å². The molecular formula is C14H14N2O2. The number of nitrogens with zero attached hydrogens (tertiary/aromatic N) is 1. The van der Waals surface area contributed by atoms with E-state index in [1.54, 1.807) is 12.4 Å². The zero-order valence-electron chi connectivity index (χ0n) is 9.87. The molecule has 1 atom stereocenters. The molecule has 4 nitrogen and oxygen atoms in total. The van der Waals surface area contributed by atoms with Gasteiger partial charge in [-0.1, -0.05) is 6.07 Å². The van der Waals surface area contributed by atoms with Crippen LogP contribution in [0.1, 0.15) is 17.2 Å². The van der Waals surface area contributed by atoms with Gasteiger partial charge in [-0.15, -0.1) is 0 Å². The molecular weight excluding hydrogens is 228 g/mol. The van der Waals surface area contributed by atoms with Crippen molar-refractivity contribution in [1.29, 1.82) is 0 Å². The van der Waals surface area contributed by atoms with E-state index in [4.69, 9.17) is 15.2 Å². The number of pyridine rings is 1. The summed E-state index contributed by atoms with van der Waals surface area (Å²) in [6.07, 6.45) is 3.49. The Morgan fingerprint density at radius 2 is 1.67 bits per heavy atom. The van der Waals surface area contributed by atoms with Gasteiger partial charge in [-0.3, -0.25) is 4.98 Å². The van der Waals surface area contributed by atoms with Crippen LogP contribution in [0, 0.1) is 0 Å². The van der Waals surface area contributed by atoms with Crippen LogP contribution in [-0.4, -0.2) is 18.2 Å².